The van der Waals surface area contributed by atoms with Gasteiger partial charge in [-0.3, -0.25) is 0 Å². The van der Waals surface area contributed by atoms with Crippen molar-refractivity contribution in [2.24, 2.45) is 5.90 Å². The van der Waals surface area contributed by atoms with Crippen molar-refractivity contribution in [2.45, 2.75) is 0 Å². The maximum Gasteiger partial charge on any atom is 0.435 e. The number of carbonyl (C=O) groups is 2. The molecule has 6 heteroatoms. The molecule has 0 aromatic carbocycles. The van der Waals surface area contributed by atoms with Crippen LogP contribution in [0.5, 0.6) is 0 Å². The van der Waals surface area contributed by atoms with Gasteiger partial charge in [-0.05, 0) is 0 Å². The number of hydrogen-bond donors (Lipinski definition) is 2. The average molecular weight is 213 g/mol. The smallest absolute Gasteiger partial charge is 0.435 e. The van der Waals surface area contributed by atoms with Crippen molar-refractivity contribution in [3.8, 4) is 0 Å². The van der Waals surface area contributed by atoms with Crippen molar-refractivity contribution < 1.29 is 41.9 Å². The molecule has 1 radical (unpaired) electrons. The van der Waals surface area contributed by atoms with Gasteiger partial charge in [-0.1, -0.05) is 0 Å². The summed E-state index contributed by atoms with van der Waals surface area (Å²) in [5.74, 6) is 0.992. The van der Waals surface area contributed by atoms with Crippen molar-refractivity contribution in [1.29, 1.82) is 0 Å². The third kappa shape index (κ3) is 3.82. The molecule has 51 valence electrons. The second-order valence-electron chi connectivity index (χ2n) is 0.710. The zero-order valence-corrected chi connectivity index (χ0v) is 5.03. The van der Waals surface area contributed by atoms with Crippen LogP contribution in [0.1, 0.15) is 0 Å². The Bertz CT molecular complexity index is 102. The third-order valence-electron chi connectivity index (χ3n) is 0.282. The standard InChI is InChI=1S/C2H3NO4.Ag/c3-7-2(6)1(4)5;/h3H2,(H,4,5);. The molecule has 0 heterocycles. The first-order chi connectivity index (χ1) is 3.18. The van der Waals surface area contributed by atoms with Gasteiger partial charge >= 0.3 is 11.9 Å². The molecule has 5 nitrogen and oxygen atoms in total. The third-order valence-corrected chi connectivity index (χ3v) is 0.282. The largest absolute Gasteiger partial charge is 0.473 e. The van der Waals surface area contributed by atoms with E-state index < -0.39 is 11.9 Å². The molecule has 0 bridgehead atoms. The Balaban J connectivity index is 0. The Labute approximate surface area is 60.3 Å². The number of carboxylic acids is 1. The average Bonchev–Trinajstić information content (AvgIpc) is 1.65. The van der Waals surface area contributed by atoms with Crippen LogP contribution in [0.25, 0.3) is 0 Å². The van der Waals surface area contributed by atoms with E-state index in [4.69, 9.17) is 5.11 Å². The minimum atomic E-state index is -1.69. The number of hydrogen-bond acceptors (Lipinski definition) is 4. The van der Waals surface area contributed by atoms with Crippen LogP contribution in [-0.4, -0.2) is 17.0 Å². The van der Waals surface area contributed by atoms with E-state index in [1.807, 2.05) is 0 Å². The monoisotopic (exact) mass is 212 g/mol. The quantitative estimate of drug-likeness (QED) is 0.290. The number of carboxylic acid groups (broad SMARTS) is 1. The van der Waals surface area contributed by atoms with Gasteiger partial charge in [-0.2, -0.15) is 5.90 Å². The fourth-order valence-corrected chi connectivity index (χ4v) is 0.0504. The molecular formula is C2H3AgNO4. The minimum absolute atomic E-state index is 0. The van der Waals surface area contributed by atoms with E-state index in [0.717, 1.165) is 0 Å². The normalized spacial score (nSPS) is 6.62. The van der Waals surface area contributed by atoms with Crippen molar-refractivity contribution in [3.05, 3.63) is 0 Å². The van der Waals surface area contributed by atoms with Crippen molar-refractivity contribution >= 4 is 11.9 Å². The van der Waals surface area contributed by atoms with Gasteiger partial charge in [0.25, 0.3) is 0 Å². The van der Waals surface area contributed by atoms with Crippen LogP contribution in [0.15, 0.2) is 0 Å². The summed E-state index contributed by atoms with van der Waals surface area (Å²) in [7, 11) is 0. The Kier molecular flexibility index (Phi) is 6.34. The molecule has 0 aromatic rings. The Morgan fingerprint density at radius 3 is 1.88 bits per heavy atom. The molecule has 0 aromatic heterocycles. The van der Waals surface area contributed by atoms with E-state index in [1.54, 1.807) is 0 Å². The molecule has 8 heavy (non-hydrogen) atoms. The number of aliphatic carboxylic acids is 1. The van der Waals surface area contributed by atoms with E-state index in [1.165, 1.54) is 0 Å². The molecule has 0 spiro atoms. The van der Waals surface area contributed by atoms with Gasteiger partial charge in [-0.15, -0.1) is 0 Å². The Morgan fingerprint density at radius 1 is 1.50 bits per heavy atom. The fraction of sp³-hybridized carbons (Fsp3) is 0. The molecule has 0 fully saturated rings. The van der Waals surface area contributed by atoms with Crippen LogP contribution < -0.4 is 5.90 Å². The minimum Gasteiger partial charge on any atom is -0.473 e. The van der Waals surface area contributed by atoms with Gasteiger partial charge < -0.3 is 9.94 Å². The molecule has 0 aliphatic rings. The van der Waals surface area contributed by atoms with E-state index in [0.29, 0.717) is 0 Å². The molecule has 0 saturated heterocycles. The molecule has 0 unspecified atom stereocenters. The summed E-state index contributed by atoms with van der Waals surface area (Å²) in [5, 5.41) is 7.63. The molecule has 0 aliphatic heterocycles. The van der Waals surface area contributed by atoms with E-state index in [-0.39, 0.29) is 22.4 Å². The summed E-state index contributed by atoms with van der Waals surface area (Å²) in [6.45, 7) is 0. The van der Waals surface area contributed by atoms with Gasteiger partial charge in [0.15, 0.2) is 0 Å². The summed E-state index contributed by atoms with van der Waals surface area (Å²) in [5.41, 5.74) is 0. The van der Waals surface area contributed by atoms with Crippen molar-refractivity contribution in [2.75, 3.05) is 0 Å². The SMILES string of the molecule is NOC(=O)C(=O)O.[Ag]. The maximum absolute atomic E-state index is 9.56. The molecule has 0 saturated carbocycles. The van der Waals surface area contributed by atoms with E-state index in [9.17, 15) is 9.59 Å². The molecular weight excluding hydrogens is 210 g/mol. The van der Waals surface area contributed by atoms with E-state index >= 15 is 0 Å². The van der Waals surface area contributed by atoms with Crippen LogP contribution in [0.3, 0.4) is 0 Å². The Morgan fingerprint density at radius 2 is 1.88 bits per heavy atom. The van der Waals surface area contributed by atoms with Crippen molar-refractivity contribution in [3.63, 3.8) is 0 Å². The first-order valence-electron chi connectivity index (χ1n) is 1.32. The van der Waals surface area contributed by atoms with E-state index in [2.05, 4.69) is 10.7 Å². The second-order valence-corrected chi connectivity index (χ2v) is 0.710. The van der Waals surface area contributed by atoms with Crippen LogP contribution in [0.4, 0.5) is 0 Å². The number of carbonyl (C=O) groups excluding carboxylic acids is 1. The summed E-state index contributed by atoms with van der Waals surface area (Å²) < 4.78 is 0. The van der Waals surface area contributed by atoms with Crippen LogP contribution >= 0.6 is 0 Å². The molecule has 0 rings (SSSR count). The first kappa shape index (κ1) is 10.6. The molecule has 0 amide bonds. The van der Waals surface area contributed by atoms with Crippen molar-refractivity contribution in [1.82, 2.24) is 0 Å². The predicted molar refractivity (Wildman–Crippen MR) is 17.9 cm³/mol. The molecule has 0 aliphatic carbocycles. The van der Waals surface area contributed by atoms with Gasteiger partial charge in [0.1, 0.15) is 0 Å². The fourth-order valence-electron chi connectivity index (χ4n) is 0.0504. The van der Waals surface area contributed by atoms with Gasteiger partial charge in [0.05, 0.1) is 0 Å². The maximum atomic E-state index is 9.56. The summed E-state index contributed by atoms with van der Waals surface area (Å²) in [6.07, 6.45) is 0. The summed E-state index contributed by atoms with van der Waals surface area (Å²) >= 11 is 0. The van der Waals surface area contributed by atoms with Gasteiger partial charge in [0, 0.05) is 22.4 Å². The summed E-state index contributed by atoms with van der Waals surface area (Å²) in [6, 6.07) is 0. The van der Waals surface area contributed by atoms with Crippen LogP contribution in [-0.2, 0) is 36.8 Å². The van der Waals surface area contributed by atoms with Gasteiger partial charge in [0.2, 0.25) is 0 Å². The topological polar surface area (TPSA) is 89.6 Å². The van der Waals surface area contributed by atoms with Gasteiger partial charge in [-0.25, -0.2) is 9.59 Å². The molecule has 0 atom stereocenters. The predicted octanol–water partition coefficient (Wildman–Crippen LogP) is -1.51. The van der Waals surface area contributed by atoms with Crippen LogP contribution in [0.2, 0.25) is 0 Å². The summed E-state index contributed by atoms with van der Waals surface area (Å²) in [4.78, 5) is 22.2. The zero-order valence-electron chi connectivity index (χ0n) is 3.55. The Hall–Kier alpha value is -0.360. The van der Waals surface area contributed by atoms with Crippen LogP contribution in [0, 0.1) is 0 Å². The number of rotatable bonds is 0. The zero-order chi connectivity index (χ0) is 5.86. The first-order valence-corrected chi connectivity index (χ1v) is 1.32. The molecule has 3 N–H and O–H groups in total. The number of nitrogens with two attached hydrogens (primary N) is 1. The second kappa shape index (κ2) is 4.79.